The maximum atomic E-state index is 5.52. The maximum absolute atomic E-state index is 5.52. The molecule has 1 saturated heterocycles. The monoisotopic (exact) mass is 350 g/mol. The number of hydrogen-bond acceptors (Lipinski definition) is 6. The summed E-state index contributed by atoms with van der Waals surface area (Å²) < 4.78 is 7.40. The van der Waals surface area contributed by atoms with Gasteiger partial charge in [-0.3, -0.25) is 0 Å². The smallest absolute Gasteiger partial charge is 0.157 e. The van der Waals surface area contributed by atoms with Crippen LogP contribution in [0, 0.1) is 0 Å². The molecular formula is C19H22N6O. The van der Waals surface area contributed by atoms with Crippen LogP contribution >= 0.6 is 0 Å². The molecule has 4 heterocycles. The number of ether oxygens (including phenoxy) is 1. The van der Waals surface area contributed by atoms with Gasteiger partial charge in [0, 0.05) is 24.6 Å². The predicted molar refractivity (Wildman–Crippen MR) is 99.6 cm³/mol. The summed E-state index contributed by atoms with van der Waals surface area (Å²) in [6, 6.07) is 8.44. The molecule has 0 radical (unpaired) electrons. The van der Waals surface area contributed by atoms with Gasteiger partial charge in [-0.25, -0.2) is 14.5 Å². The van der Waals surface area contributed by atoms with E-state index in [1.54, 1.807) is 7.11 Å². The van der Waals surface area contributed by atoms with Gasteiger partial charge in [0.05, 0.1) is 19.0 Å². The minimum atomic E-state index is 0.434. The molecule has 3 aromatic heterocycles. The Morgan fingerprint density at radius 2 is 2.19 bits per heavy atom. The normalized spacial score (nSPS) is 19.8. The number of fused-ring (bicyclic) bond motifs is 1. The van der Waals surface area contributed by atoms with Crippen molar-refractivity contribution < 1.29 is 4.74 Å². The molecule has 0 bridgehead atoms. The van der Waals surface area contributed by atoms with Crippen molar-refractivity contribution in [2.24, 2.45) is 0 Å². The number of nitrogens with one attached hydrogen (secondary N) is 2. The lowest BCUT2D eigenvalue weighted by atomic mass is 10.2. The molecule has 0 spiro atoms. The van der Waals surface area contributed by atoms with E-state index in [4.69, 9.17) is 14.8 Å². The number of hydrogen-bond donors (Lipinski definition) is 2. The van der Waals surface area contributed by atoms with Crippen LogP contribution in [-0.4, -0.2) is 45.8 Å². The minimum absolute atomic E-state index is 0.434. The number of anilines is 1. The van der Waals surface area contributed by atoms with Crippen LogP contribution in [-0.2, 0) is 0 Å². The highest BCUT2D eigenvalue weighted by atomic mass is 16.5. The summed E-state index contributed by atoms with van der Waals surface area (Å²) in [7, 11) is 1.69. The van der Waals surface area contributed by atoms with Gasteiger partial charge < -0.3 is 15.4 Å². The van der Waals surface area contributed by atoms with Crippen molar-refractivity contribution in [1.82, 2.24) is 24.9 Å². The van der Waals surface area contributed by atoms with E-state index in [1.165, 1.54) is 12.8 Å². The molecule has 1 aliphatic heterocycles. The highest BCUT2D eigenvalue weighted by molar-refractivity contribution is 5.62. The van der Waals surface area contributed by atoms with E-state index >= 15 is 0 Å². The molecule has 2 N–H and O–H groups in total. The average molecular weight is 350 g/mol. The van der Waals surface area contributed by atoms with E-state index in [2.05, 4.69) is 15.6 Å². The minimum Gasteiger partial charge on any atom is -0.495 e. The molecule has 7 heteroatoms. The Balaban J connectivity index is 1.53. The summed E-state index contributed by atoms with van der Waals surface area (Å²) in [5, 5.41) is 11.7. The summed E-state index contributed by atoms with van der Waals surface area (Å²) in [6.45, 7) is 2.04. The first-order valence-electron chi connectivity index (χ1n) is 9.19. The van der Waals surface area contributed by atoms with Crippen molar-refractivity contribution in [3.8, 4) is 17.1 Å². The third-order valence-corrected chi connectivity index (χ3v) is 5.09. The molecule has 3 aromatic rings. The first-order chi connectivity index (χ1) is 12.8. The van der Waals surface area contributed by atoms with Crippen molar-refractivity contribution in [3.63, 3.8) is 0 Å². The first-order valence-corrected chi connectivity index (χ1v) is 9.19. The molecule has 7 nitrogen and oxygen atoms in total. The summed E-state index contributed by atoms with van der Waals surface area (Å²) in [5.74, 6) is 2.22. The molecule has 1 atom stereocenters. The van der Waals surface area contributed by atoms with Crippen molar-refractivity contribution in [3.05, 3.63) is 36.2 Å². The van der Waals surface area contributed by atoms with Gasteiger partial charge in [-0.15, -0.1) is 0 Å². The van der Waals surface area contributed by atoms with Gasteiger partial charge >= 0.3 is 0 Å². The number of imidazole rings is 1. The average Bonchev–Trinajstić information content (AvgIpc) is 3.23. The molecule has 2 aliphatic rings. The van der Waals surface area contributed by atoms with Crippen LogP contribution in [0.1, 0.15) is 30.9 Å². The van der Waals surface area contributed by atoms with Crippen LogP contribution < -0.4 is 15.4 Å². The Bertz CT molecular complexity index is 942. The maximum Gasteiger partial charge on any atom is 0.157 e. The van der Waals surface area contributed by atoms with Crippen molar-refractivity contribution in [2.75, 3.05) is 25.5 Å². The molecule has 1 unspecified atom stereocenters. The third kappa shape index (κ3) is 2.78. The second-order valence-electron chi connectivity index (χ2n) is 7.03. The van der Waals surface area contributed by atoms with Crippen LogP contribution in [0.15, 0.2) is 30.5 Å². The number of pyridine rings is 1. The Labute approximate surface area is 151 Å². The Morgan fingerprint density at radius 1 is 1.27 bits per heavy atom. The molecule has 0 aromatic carbocycles. The molecular weight excluding hydrogens is 328 g/mol. The number of methoxy groups -OCH3 is 1. The molecule has 26 heavy (non-hydrogen) atoms. The highest BCUT2D eigenvalue weighted by Crippen LogP contribution is 2.43. The lowest BCUT2D eigenvalue weighted by molar-refractivity contribution is 0.405. The second kappa shape index (κ2) is 6.25. The molecule has 0 amide bonds. The van der Waals surface area contributed by atoms with E-state index in [0.29, 0.717) is 12.0 Å². The highest BCUT2D eigenvalue weighted by Gasteiger charge is 2.29. The standard InChI is InChI=1S/C19H22N6O/c1-26-16-9-18-21-11-15(25(18)24-19(16)12-5-6-12)14-3-2-4-17(23-14)22-13-7-8-20-10-13/h2-4,9,11-13,20H,5-8,10H2,1H3,(H,22,23). The van der Waals surface area contributed by atoms with E-state index < -0.39 is 0 Å². The van der Waals surface area contributed by atoms with Gasteiger partial charge in [0.1, 0.15) is 23.0 Å². The Hall–Kier alpha value is -2.67. The first kappa shape index (κ1) is 15.6. The van der Waals surface area contributed by atoms with Gasteiger partial charge in [0.15, 0.2) is 5.65 Å². The van der Waals surface area contributed by atoms with E-state index in [-0.39, 0.29) is 0 Å². The number of rotatable bonds is 5. The second-order valence-corrected chi connectivity index (χ2v) is 7.03. The molecule has 2 fully saturated rings. The Morgan fingerprint density at radius 3 is 2.96 bits per heavy atom. The fourth-order valence-corrected chi connectivity index (χ4v) is 3.53. The van der Waals surface area contributed by atoms with E-state index in [9.17, 15) is 0 Å². The molecule has 134 valence electrons. The number of nitrogens with zero attached hydrogens (tertiary/aromatic N) is 4. The van der Waals surface area contributed by atoms with Crippen LogP contribution in [0.25, 0.3) is 17.0 Å². The zero-order chi connectivity index (χ0) is 17.5. The summed E-state index contributed by atoms with van der Waals surface area (Å²) in [5.41, 5.74) is 3.57. The van der Waals surface area contributed by atoms with E-state index in [1.807, 2.05) is 35.0 Å². The van der Waals surface area contributed by atoms with Crippen LogP contribution in [0.2, 0.25) is 0 Å². The Kier molecular flexibility index (Phi) is 3.74. The van der Waals surface area contributed by atoms with Crippen LogP contribution in [0.5, 0.6) is 5.75 Å². The van der Waals surface area contributed by atoms with Crippen molar-refractivity contribution in [2.45, 2.75) is 31.2 Å². The summed E-state index contributed by atoms with van der Waals surface area (Å²) in [6.07, 6.45) is 5.30. The zero-order valence-corrected chi connectivity index (χ0v) is 14.8. The third-order valence-electron chi connectivity index (χ3n) is 5.09. The van der Waals surface area contributed by atoms with Gasteiger partial charge in [-0.2, -0.15) is 5.10 Å². The quantitative estimate of drug-likeness (QED) is 0.736. The van der Waals surface area contributed by atoms with Gasteiger partial charge in [-0.1, -0.05) is 6.07 Å². The fourth-order valence-electron chi connectivity index (χ4n) is 3.53. The van der Waals surface area contributed by atoms with Gasteiger partial charge in [0.25, 0.3) is 0 Å². The summed E-state index contributed by atoms with van der Waals surface area (Å²) >= 11 is 0. The fraction of sp³-hybridized carbons (Fsp3) is 0.421. The SMILES string of the molecule is COc1cc2ncc(-c3cccc(NC4CCNC4)n3)n2nc1C1CC1. The van der Waals surface area contributed by atoms with E-state index in [0.717, 1.165) is 53.8 Å². The summed E-state index contributed by atoms with van der Waals surface area (Å²) in [4.78, 5) is 9.30. The molecule has 1 aliphatic carbocycles. The topological polar surface area (TPSA) is 76.4 Å². The largest absolute Gasteiger partial charge is 0.495 e. The molecule has 1 saturated carbocycles. The van der Waals surface area contributed by atoms with Crippen LogP contribution in [0.3, 0.4) is 0 Å². The van der Waals surface area contributed by atoms with Crippen LogP contribution in [0.4, 0.5) is 5.82 Å². The lowest BCUT2D eigenvalue weighted by Crippen LogP contribution is -2.22. The van der Waals surface area contributed by atoms with Crippen molar-refractivity contribution >= 4 is 11.5 Å². The van der Waals surface area contributed by atoms with Gasteiger partial charge in [-0.05, 0) is 37.9 Å². The van der Waals surface area contributed by atoms with Crippen molar-refractivity contribution in [1.29, 1.82) is 0 Å². The lowest BCUT2D eigenvalue weighted by Gasteiger charge is -2.13. The zero-order valence-electron chi connectivity index (χ0n) is 14.8. The van der Waals surface area contributed by atoms with Gasteiger partial charge in [0.2, 0.25) is 0 Å². The number of aromatic nitrogens is 4. The molecule has 5 rings (SSSR count). The predicted octanol–water partition coefficient (Wildman–Crippen LogP) is 2.45.